The van der Waals surface area contributed by atoms with Crippen molar-refractivity contribution >= 4 is 40.4 Å². The molecule has 0 radical (unpaired) electrons. The zero-order chi connectivity index (χ0) is 12.7. The summed E-state index contributed by atoms with van der Waals surface area (Å²) in [7, 11) is 0. The summed E-state index contributed by atoms with van der Waals surface area (Å²) < 4.78 is 1.84. The van der Waals surface area contributed by atoms with Crippen LogP contribution in [0.25, 0.3) is 16.9 Å². The van der Waals surface area contributed by atoms with Gasteiger partial charge in [-0.2, -0.15) is 0 Å². The Bertz CT molecular complexity index is 714. The number of aromatic nitrogens is 2. The van der Waals surface area contributed by atoms with E-state index in [1.165, 1.54) is 0 Å². The first-order valence-electron chi connectivity index (χ1n) is 5.24. The minimum atomic E-state index is 0.571. The van der Waals surface area contributed by atoms with Gasteiger partial charge in [0.1, 0.15) is 0 Å². The lowest BCUT2D eigenvalue weighted by atomic mass is 10.2. The van der Waals surface area contributed by atoms with Crippen molar-refractivity contribution in [1.29, 1.82) is 0 Å². The molecule has 0 spiro atoms. The Kier molecular flexibility index (Phi) is 2.94. The molecular formula is C13H7Cl3N2. The molecule has 3 aromatic rings. The molecule has 1 aromatic carbocycles. The van der Waals surface area contributed by atoms with Gasteiger partial charge in [0, 0.05) is 18.0 Å². The van der Waals surface area contributed by atoms with Crippen molar-refractivity contribution in [1.82, 2.24) is 9.38 Å². The van der Waals surface area contributed by atoms with Crippen molar-refractivity contribution in [2.75, 3.05) is 0 Å². The fourth-order valence-electron chi connectivity index (χ4n) is 1.84. The molecule has 0 bridgehead atoms. The first-order chi connectivity index (χ1) is 8.66. The highest BCUT2D eigenvalue weighted by Crippen LogP contribution is 2.34. The maximum atomic E-state index is 6.16. The van der Waals surface area contributed by atoms with E-state index >= 15 is 0 Å². The molecule has 0 atom stereocenters. The molecule has 0 fully saturated rings. The summed E-state index contributed by atoms with van der Waals surface area (Å²) in [5, 5.41) is 1.73. The second-order valence-electron chi connectivity index (χ2n) is 3.81. The monoisotopic (exact) mass is 296 g/mol. The van der Waals surface area contributed by atoms with Crippen LogP contribution in [0.15, 0.2) is 42.7 Å². The zero-order valence-corrected chi connectivity index (χ0v) is 11.3. The molecule has 2 aromatic heterocycles. The third-order valence-corrected chi connectivity index (χ3v) is 3.58. The largest absolute Gasteiger partial charge is 0.305 e. The van der Waals surface area contributed by atoms with Crippen molar-refractivity contribution in [3.63, 3.8) is 0 Å². The van der Waals surface area contributed by atoms with E-state index in [4.69, 9.17) is 34.8 Å². The Balaban J connectivity index is 2.30. The van der Waals surface area contributed by atoms with Crippen LogP contribution in [-0.4, -0.2) is 9.38 Å². The lowest BCUT2D eigenvalue weighted by Gasteiger charge is -2.02. The summed E-state index contributed by atoms with van der Waals surface area (Å²) in [6, 6.07) is 9.02. The normalized spacial score (nSPS) is 11.1. The van der Waals surface area contributed by atoms with Crippen molar-refractivity contribution in [2.45, 2.75) is 0 Å². The number of rotatable bonds is 1. The Hall–Kier alpha value is -1.22. The highest BCUT2D eigenvalue weighted by atomic mass is 35.5. The summed E-state index contributed by atoms with van der Waals surface area (Å²) in [6.07, 6.45) is 3.73. The predicted molar refractivity (Wildman–Crippen MR) is 75.7 cm³/mol. The second kappa shape index (κ2) is 4.47. The van der Waals surface area contributed by atoms with Gasteiger partial charge in [-0.3, -0.25) is 0 Å². The maximum Gasteiger partial charge on any atom is 0.156 e. The van der Waals surface area contributed by atoms with Gasteiger partial charge >= 0.3 is 0 Å². The fourth-order valence-corrected chi connectivity index (χ4v) is 2.65. The Morgan fingerprint density at radius 1 is 0.889 bits per heavy atom. The molecule has 0 amide bonds. The van der Waals surface area contributed by atoms with Crippen LogP contribution in [0.3, 0.4) is 0 Å². The molecule has 0 N–H and O–H groups in total. The number of hydrogen-bond acceptors (Lipinski definition) is 1. The Morgan fingerprint density at radius 3 is 2.22 bits per heavy atom. The quantitative estimate of drug-likeness (QED) is 0.620. The van der Waals surface area contributed by atoms with E-state index in [0.717, 1.165) is 5.56 Å². The summed E-state index contributed by atoms with van der Waals surface area (Å²) in [4.78, 5) is 4.47. The molecule has 0 unspecified atom stereocenters. The average molecular weight is 298 g/mol. The van der Waals surface area contributed by atoms with E-state index in [9.17, 15) is 0 Å². The van der Waals surface area contributed by atoms with E-state index in [-0.39, 0.29) is 0 Å². The summed E-state index contributed by atoms with van der Waals surface area (Å²) in [5.74, 6) is 0. The number of hydrogen-bond donors (Lipinski definition) is 0. The highest BCUT2D eigenvalue weighted by molar-refractivity contribution is 6.39. The first kappa shape index (κ1) is 11.8. The van der Waals surface area contributed by atoms with Gasteiger partial charge in [-0.05, 0) is 24.3 Å². The second-order valence-corrected chi connectivity index (χ2v) is 5.03. The minimum Gasteiger partial charge on any atom is -0.305 e. The van der Waals surface area contributed by atoms with Crippen molar-refractivity contribution in [2.24, 2.45) is 0 Å². The van der Waals surface area contributed by atoms with E-state index in [1.807, 2.05) is 22.9 Å². The van der Waals surface area contributed by atoms with Crippen LogP contribution in [0.2, 0.25) is 15.1 Å². The standard InChI is InChI=1S/C13H7Cl3N2/c14-8-3-1-4-9(15)12(8)11-7-18-6-2-5-10(16)13(18)17-11/h1-7H. The predicted octanol–water partition coefficient (Wildman–Crippen LogP) is 4.96. The van der Waals surface area contributed by atoms with E-state index in [2.05, 4.69) is 4.98 Å². The van der Waals surface area contributed by atoms with Gasteiger partial charge in [0.25, 0.3) is 0 Å². The molecule has 0 aliphatic rings. The van der Waals surface area contributed by atoms with E-state index in [0.29, 0.717) is 26.4 Å². The number of pyridine rings is 1. The Morgan fingerprint density at radius 2 is 1.56 bits per heavy atom. The van der Waals surface area contributed by atoms with Gasteiger partial charge in [-0.15, -0.1) is 0 Å². The number of fused-ring (bicyclic) bond motifs is 1. The van der Waals surface area contributed by atoms with Gasteiger partial charge in [-0.25, -0.2) is 4.98 Å². The van der Waals surface area contributed by atoms with Gasteiger partial charge in [0.05, 0.1) is 20.8 Å². The summed E-state index contributed by atoms with van der Waals surface area (Å²) in [6.45, 7) is 0. The van der Waals surface area contributed by atoms with Gasteiger partial charge < -0.3 is 4.40 Å². The fraction of sp³-hybridized carbons (Fsp3) is 0. The van der Waals surface area contributed by atoms with Crippen LogP contribution in [0.1, 0.15) is 0 Å². The lowest BCUT2D eigenvalue weighted by molar-refractivity contribution is 1.19. The first-order valence-corrected chi connectivity index (χ1v) is 6.38. The number of benzene rings is 1. The van der Waals surface area contributed by atoms with Gasteiger partial charge in [0.2, 0.25) is 0 Å². The number of nitrogens with zero attached hydrogens (tertiary/aromatic N) is 2. The van der Waals surface area contributed by atoms with Gasteiger partial charge in [-0.1, -0.05) is 40.9 Å². The van der Waals surface area contributed by atoms with Crippen LogP contribution >= 0.6 is 34.8 Å². The third-order valence-electron chi connectivity index (χ3n) is 2.65. The van der Waals surface area contributed by atoms with Crippen LogP contribution in [0.5, 0.6) is 0 Å². The van der Waals surface area contributed by atoms with Crippen molar-refractivity contribution < 1.29 is 0 Å². The topological polar surface area (TPSA) is 17.3 Å². The molecule has 0 aliphatic carbocycles. The third kappa shape index (κ3) is 1.87. The lowest BCUT2D eigenvalue weighted by Crippen LogP contribution is -1.81. The van der Waals surface area contributed by atoms with Crippen molar-refractivity contribution in [3.8, 4) is 11.3 Å². The van der Waals surface area contributed by atoms with E-state index in [1.54, 1.807) is 24.3 Å². The summed E-state index contributed by atoms with van der Waals surface area (Å²) in [5.41, 5.74) is 2.12. The number of halogens is 3. The Labute approximate surface area is 119 Å². The molecule has 0 saturated carbocycles. The molecule has 90 valence electrons. The van der Waals surface area contributed by atoms with Gasteiger partial charge in [0.15, 0.2) is 5.65 Å². The SMILES string of the molecule is Clc1cccc(Cl)c1-c1cn2cccc(Cl)c2n1. The molecule has 0 aliphatic heterocycles. The van der Waals surface area contributed by atoms with Crippen LogP contribution in [0, 0.1) is 0 Å². The smallest absolute Gasteiger partial charge is 0.156 e. The summed E-state index contributed by atoms with van der Waals surface area (Å²) >= 11 is 18.4. The van der Waals surface area contributed by atoms with Crippen molar-refractivity contribution in [3.05, 3.63) is 57.8 Å². The molecule has 18 heavy (non-hydrogen) atoms. The molecular weight excluding hydrogens is 291 g/mol. The zero-order valence-electron chi connectivity index (χ0n) is 9.07. The molecule has 3 rings (SSSR count). The minimum absolute atomic E-state index is 0.571. The van der Waals surface area contributed by atoms with Crippen LogP contribution in [-0.2, 0) is 0 Å². The average Bonchev–Trinajstić information content (AvgIpc) is 2.74. The maximum absolute atomic E-state index is 6.16. The highest BCUT2D eigenvalue weighted by Gasteiger charge is 2.12. The van der Waals surface area contributed by atoms with Crippen LogP contribution < -0.4 is 0 Å². The van der Waals surface area contributed by atoms with E-state index < -0.39 is 0 Å². The molecule has 0 saturated heterocycles. The van der Waals surface area contributed by atoms with Crippen LogP contribution in [0.4, 0.5) is 0 Å². The molecule has 2 heterocycles. The molecule has 2 nitrogen and oxygen atoms in total. The number of imidazole rings is 1. The molecule has 5 heteroatoms.